The van der Waals surface area contributed by atoms with Crippen molar-refractivity contribution in [2.75, 3.05) is 13.1 Å². The monoisotopic (exact) mass is 399 g/mol. The van der Waals surface area contributed by atoms with Gasteiger partial charge in [-0.2, -0.15) is 0 Å². The zero-order valence-corrected chi connectivity index (χ0v) is 18.9. The number of amides is 1. The van der Waals surface area contributed by atoms with Crippen molar-refractivity contribution in [2.45, 2.75) is 89.9 Å². The lowest BCUT2D eigenvalue weighted by molar-refractivity contribution is 0.00578. The van der Waals surface area contributed by atoms with Crippen molar-refractivity contribution in [1.82, 2.24) is 4.90 Å². The van der Waals surface area contributed by atoms with Crippen LogP contribution in [0.2, 0.25) is 0 Å². The molecule has 1 aromatic carbocycles. The smallest absolute Gasteiger partial charge is 0.444 e. The third-order valence-corrected chi connectivity index (χ3v) is 6.63. The van der Waals surface area contributed by atoms with Crippen molar-refractivity contribution in [3.8, 4) is 0 Å². The van der Waals surface area contributed by atoms with E-state index in [0.29, 0.717) is 11.8 Å². The van der Waals surface area contributed by atoms with E-state index >= 15 is 0 Å². The van der Waals surface area contributed by atoms with Crippen LogP contribution in [0.3, 0.4) is 0 Å². The van der Waals surface area contributed by atoms with Crippen LogP contribution in [-0.2, 0) is 14.0 Å². The Bertz CT molecular complexity index is 788. The van der Waals surface area contributed by atoms with Crippen LogP contribution in [0.25, 0.3) is 0 Å². The number of hydrogen-bond donors (Lipinski definition) is 0. The van der Waals surface area contributed by atoms with Crippen molar-refractivity contribution in [1.29, 1.82) is 0 Å². The average molecular weight is 399 g/mol. The highest BCUT2D eigenvalue weighted by molar-refractivity contribution is 6.62. The summed E-state index contributed by atoms with van der Waals surface area (Å²) in [5.74, 6) is 1.01. The summed E-state index contributed by atoms with van der Waals surface area (Å²) >= 11 is 0. The van der Waals surface area contributed by atoms with Crippen molar-refractivity contribution in [3.63, 3.8) is 0 Å². The van der Waals surface area contributed by atoms with E-state index in [1.54, 1.807) is 4.90 Å². The molecule has 2 aliphatic heterocycles. The molecule has 0 aromatic heterocycles. The van der Waals surface area contributed by atoms with Gasteiger partial charge in [0.1, 0.15) is 5.60 Å². The maximum atomic E-state index is 12.3. The molecule has 0 unspecified atom stereocenters. The molecule has 6 heteroatoms. The second-order valence-electron chi connectivity index (χ2n) is 10.8. The molecule has 2 saturated heterocycles. The molecular formula is C23H34BNO4. The number of nitrogens with zero attached hydrogens (tertiary/aromatic N) is 1. The third-order valence-electron chi connectivity index (χ3n) is 6.63. The molecule has 0 radical (unpaired) electrons. The van der Waals surface area contributed by atoms with Crippen molar-refractivity contribution >= 4 is 18.7 Å². The Hall–Kier alpha value is -1.53. The van der Waals surface area contributed by atoms with Crippen LogP contribution in [0.1, 0.15) is 84.3 Å². The molecule has 1 saturated carbocycles. The number of hydrogen-bond acceptors (Lipinski definition) is 4. The molecule has 29 heavy (non-hydrogen) atoms. The van der Waals surface area contributed by atoms with Gasteiger partial charge in [-0.1, -0.05) is 18.2 Å². The van der Waals surface area contributed by atoms with E-state index in [1.165, 1.54) is 24.0 Å². The Morgan fingerprint density at radius 3 is 2.14 bits per heavy atom. The van der Waals surface area contributed by atoms with Gasteiger partial charge >= 0.3 is 13.2 Å². The van der Waals surface area contributed by atoms with Gasteiger partial charge in [0.2, 0.25) is 0 Å². The minimum Gasteiger partial charge on any atom is -0.444 e. The molecule has 0 N–H and O–H groups in total. The number of likely N-dealkylation sites (tertiary alicyclic amines) is 1. The highest BCUT2D eigenvalue weighted by atomic mass is 16.7. The van der Waals surface area contributed by atoms with Crippen molar-refractivity contribution < 1.29 is 18.8 Å². The van der Waals surface area contributed by atoms with Crippen molar-refractivity contribution in [3.05, 3.63) is 29.3 Å². The number of rotatable bonds is 3. The molecule has 1 aromatic rings. The van der Waals surface area contributed by atoms with Crippen LogP contribution in [0, 0.1) is 0 Å². The maximum Gasteiger partial charge on any atom is 0.494 e. The predicted molar refractivity (Wildman–Crippen MR) is 115 cm³/mol. The fourth-order valence-corrected chi connectivity index (χ4v) is 3.99. The normalized spacial score (nSPS) is 23.8. The molecule has 3 aliphatic rings. The first kappa shape index (κ1) is 20.7. The SMILES string of the molecule is CC(C)(C)OC(=O)N1CC(c2ccc(B3OC(C)(C)C(C)(C)O3)cc2C2CC2)C1. The topological polar surface area (TPSA) is 48.0 Å². The first-order valence-corrected chi connectivity index (χ1v) is 10.8. The predicted octanol–water partition coefficient (Wildman–Crippen LogP) is 4.20. The molecule has 1 amide bonds. The van der Waals surface area contributed by atoms with E-state index in [2.05, 4.69) is 45.9 Å². The lowest BCUT2D eigenvalue weighted by Gasteiger charge is -2.41. The number of ether oxygens (including phenoxy) is 1. The Morgan fingerprint density at radius 2 is 1.62 bits per heavy atom. The zero-order chi connectivity index (χ0) is 21.2. The van der Waals surface area contributed by atoms with Crippen LogP contribution < -0.4 is 5.46 Å². The third kappa shape index (κ3) is 4.06. The fourth-order valence-electron chi connectivity index (χ4n) is 3.99. The minimum absolute atomic E-state index is 0.212. The first-order valence-electron chi connectivity index (χ1n) is 10.8. The van der Waals surface area contributed by atoms with Gasteiger partial charge in [-0.25, -0.2) is 4.79 Å². The molecule has 2 heterocycles. The summed E-state index contributed by atoms with van der Waals surface area (Å²) in [6.07, 6.45) is 2.26. The van der Waals surface area contributed by atoms with Crippen LogP contribution in [0.15, 0.2) is 18.2 Å². The highest BCUT2D eigenvalue weighted by Crippen LogP contribution is 2.45. The minimum atomic E-state index is -0.453. The second kappa shape index (κ2) is 6.74. The van der Waals surface area contributed by atoms with E-state index in [4.69, 9.17) is 14.0 Å². The molecule has 3 fully saturated rings. The van der Waals surface area contributed by atoms with E-state index in [-0.39, 0.29) is 24.4 Å². The van der Waals surface area contributed by atoms with Gasteiger partial charge < -0.3 is 18.9 Å². The summed E-state index contributed by atoms with van der Waals surface area (Å²) in [6, 6.07) is 6.65. The van der Waals surface area contributed by atoms with Gasteiger partial charge in [0.25, 0.3) is 0 Å². The summed E-state index contributed by atoms with van der Waals surface area (Å²) in [6.45, 7) is 15.5. The molecule has 5 nitrogen and oxygen atoms in total. The van der Waals surface area contributed by atoms with Gasteiger partial charge in [-0.15, -0.1) is 0 Å². The number of carbonyl (C=O) groups excluding carboxylic acids is 1. The molecular weight excluding hydrogens is 365 g/mol. The Balaban J connectivity index is 1.49. The molecule has 0 atom stereocenters. The number of benzene rings is 1. The van der Waals surface area contributed by atoms with E-state index in [0.717, 1.165) is 18.6 Å². The van der Waals surface area contributed by atoms with Gasteiger partial charge in [0.05, 0.1) is 11.2 Å². The number of carbonyl (C=O) groups is 1. The van der Waals surface area contributed by atoms with Crippen LogP contribution >= 0.6 is 0 Å². The Labute approximate surface area is 175 Å². The van der Waals surface area contributed by atoms with Crippen LogP contribution in [-0.4, -0.2) is 48.0 Å². The lowest BCUT2D eigenvalue weighted by Crippen LogP contribution is -2.50. The van der Waals surface area contributed by atoms with Gasteiger partial charge in [-0.3, -0.25) is 0 Å². The molecule has 0 spiro atoms. The fraction of sp³-hybridized carbons (Fsp3) is 0.696. The summed E-state index contributed by atoms with van der Waals surface area (Å²) in [5.41, 5.74) is 2.75. The molecule has 158 valence electrons. The second-order valence-corrected chi connectivity index (χ2v) is 10.8. The zero-order valence-electron chi connectivity index (χ0n) is 18.9. The first-order chi connectivity index (χ1) is 13.4. The largest absolute Gasteiger partial charge is 0.494 e. The Kier molecular flexibility index (Phi) is 4.82. The van der Waals surface area contributed by atoms with Gasteiger partial charge in [-0.05, 0) is 83.8 Å². The van der Waals surface area contributed by atoms with Crippen LogP contribution in [0.4, 0.5) is 4.79 Å². The van der Waals surface area contributed by atoms with E-state index < -0.39 is 5.60 Å². The summed E-state index contributed by atoms with van der Waals surface area (Å²) < 4.78 is 18.0. The molecule has 1 aliphatic carbocycles. The lowest BCUT2D eigenvalue weighted by atomic mass is 9.75. The van der Waals surface area contributed by atoms with Crippen LogP contribution in [0.5, 0.6) is 0 Å². The maximum absolute atomic E-state index is 12.3. The molecule has 4 rings (SSSR count). The van der Waals surface area contributed by atoms with E-state index in [9.17, 15) is 4.79 Å². The van der Waals surface area contributed by atoms with E-state index in [1.807, 2.05) is 20.8 Å². The summed E-state index contributed by atoms with van der Waals surface area (Å²) in [4.78, 5) is 14.1. The van der Waals surface area contributed by atoms with Gasteiger partial charge in [0, 0.05) is 19.0 Å². The van der Waals surface area contributed by atoms with Gasteiger partial charge in [0.15, 0.2) is 0 Å². The highest BCUT2D eigenvalue weighted by Gasteiger charge is 2.52. The molecule has 0 bridgehead atoms. The summed E-state index contributed by atoms with van der Waals surface area (Å²) in [7, 11) is -0.328. The summed E-state index contributed by atoms with van der Waals surface area (Å²) in [5, 5.41) is 0. The Morgan fingerprint density at radius 1 is 1.03 bits per heavy atom. The standard InChI is InChI=1S/C23H34BNO4/c1-21(2,3)27-20(26)25-13-16(14-25)18-11-10-17(12-19(18)15-8-9-15)24-28-22(4,5)23(6,7)29-24/h10-12,15-16H,8-9,13-14H2,1-7H3. The average Bonchev–Trinajstić information content (AvgIpc) is 3.32. The quantitative estimate of drug-likeness (QED) is 0.715. The van der Waals surface area contributed by atoms with Crippen molar-refractivity contribution in [2.24, 2.45) is 0 Å².